The van der Waals surface area contributed by atoms with Gasteiger partial charge in [-0.2, -0.15) is 0 Å². The smallest absolute Gasteiger partial charge is 0.257 e. The predicted molar refractivity (Wildman–Crippen MR) is 91.3 cm³/mol. The lowest BCUT2D eigenvalue weighted by Crippen LogP contribution is -2.18. The summed E-state index contributed by atoms with van der Waals surface area (Å²) in [4.78, 5) is 29.3. The molecule has 0 radical (unpaired) electrons. The van der Waals surface area contributed by atoms with Crippen molar-refractivity contribution in [3.8, 4) is 0 Å². The number of primary amides is 1. The Bertz CT molecular complexity index is 755. The molecule has 0 spiro atoms. The maximum atomic E-state index is 12.3. The molecule has 23 heavy (non-hydrogen) atoms. The summed E-state index contributed by atoms with van der Waals surface area (Å²) in [6.07, 6.45) is 6.46. The monoisotopic (exact) mass is 349 g/mol. The van der Waals surface area contributed by atoms with Crippen molar-refractivity contribution in [2.75, 3.05) is 5.32 Å². The fraction of sp³-hybridized carbons (Fsp3) is 0.312. The van der Waals surface area contributed by atoms with Gasteiger partial charge in [-0.25, -0.2) is 4.98 Å². The Balaban J connectivity index is 1.92. The molecule has 0 aromatic carbocycles. The molecule has 2 amide bonds. The maximum absolute atomic E-state index is 12.3. The van der Waals surface area contributed by atoms with Crippen LogP contribution >= 0.6 is 22.9 Å². The Kier molecular flexibility index (Phi) is 4.63. The lowest BCUT2D eigenvalue weighted by molar-refractivity contribution is 0.100. The summed E-state index contributed by atoms with van der Waals surface area (Å²) in [5, 5.41) is 3.65. The number of hydrogen-bond acceptors (Lipinski definition) is 4. The van der Waals surface area contributed by atoms with Crippen molar-refractivity contribution in [1.82, 2.24) is 4.98 Å². The van der Waals surface area contributed by atoms with Crippen LogP contribution in [-0.4, -0.2) is 16.8 Å². The molecule has 120 valence electrons. The molecule has 7 heteroatoms. The molecule has 2 aromatic heterocycles. The highest BCUT2D eigenvalue weighted by Gasteiger charge is 2.24. The number of aromatic nitrogens is 1. The van der Waals surface area contributed by atoms with Crippen LogP contribution in [0.25, 0.3) is 0 Å². The van der Waals surface area contributed by atoms with E-state index in [2.05, 4.69) is 10.3 Å². The first kappa shape index (κ1) is 16.0. The predicted octanol–water partition coefficient (Wildman–Crippen LogP) is 3.42. The number of nitrogens with two attached hydrogens (primary N) is 1. The topological polar surface area (TPSA) is 85.1 Å². The van der Waals surface area contributed by atoms with E-state index in [-0.39, 0.29) is 5.91 Å². The Hall–Kier alpha value is -1.92. The zero-order chi connectivity index (χ0) is 16.4. The summed E-state index contributed by atoms with van der Waals surface area (Å²) >= 11 is 7.18. The first-order chi connectivity index (χ1) is 11.1. The van der Waals surface area contributed by atoms with Gasteiger partial charge in [0.2, 0.25) is 0 Å². The van der Waals surface area contributed by atoms with Crippen LogP contribution in [0.4, 0.5) is 5.00 Å². The van der Waals surface area contributed by atoms with Crippen LogP contribution in [0, 0.1) is 0 Å². The number of rotatable bonds is 3. The molecule has 0 unspecified atom stereocenters. The normalized spacial score (nSPS) is 14.0. The molecule has 1 aliphatic carbocycles. The molecule has 0 atom stereocenters. The number of nitrogens with one attached hydrogen (secondary N) is 1. The number of anilines is 1. The number of hydrogen-bond donors (Lipinski definition) is 2. The van der Waals surface area contributed by atoms with E-state index in [4.69, 9.17) is 17.3 Å². The molecule has 3 rings (SSSR count). The van der Waals surface area contributed by atoms with E-state index < -0.39 is 5.91 Å². The van der Waals surface area contributed by atoms with Gasteiger partial charge in [0.15, 0.2) is 0 Å². The fourth-order valence-corrected chi connectivity index (χ4v) is 4.18. The summed E-state index contributed by atoms with van der Waals surface area (Å²) in [7, 11) is 0. The van der Waals surface area contributed by atoms with Crippen LogP contribution in [-0.2, 0) is 12.8 Å². The lowest BCUT2D eigenvalue weighted by atomic mass is 10.1. The van der Waals surface area contributed by atoms with Crippen molar-refractivity contribution in [3.05, 3.63) is 45.1 Å². The maximum Gasteiger partial charge on any atom is 0.257 e. The van der Waals surface area contributed by atoms with Crippen molar-refractivity contribution in [2.24, 2.45) is 5.73 Å². The Morgan fingerprint density at radius 2 is 2.00 bits per heavy atom. The molecule has 0 fully saturated rings. The van der Waals surface area contributed by atoms with Crippen LogP contribution in [0.5, 0.6) is 0 Å². The number of halogens is 1. The Morgan fingerprint density at radius 1 is 1.22 bits per heavy atom. The van der Waals surface area contributed by atoms with Gasteiger partial charge in [0.05, 0.1) is 11.1 Å². The summed E-state index contributed by atoms with van der Waals surface area (Å²) in [6.45, 7) is 0. The largest absolute Gasteiger partial charge is 0.365 e. The third-order valence-electron chi connectivity index (χ3n) is 3.88. The molecule has 1 aliphatic rings. The third-order valence-corrected chi connectivity index (χ3v) is 5.32. The first-order valence-electron chi connectivity index (χ1n) is 7.43. The number of aryl methyl sites for hydroxylation is 1. The highest BCUT2D eigenvalue weighted by atomic mass is 35.5. The van der Waals surface area contributed by atoms with Crippen LogP contribution < -0.4 is 11.1 Å². The minimum atomic E-state index is -0.492. The number of amides is 2. The molecule has 0 saturated heterocycles. The van der Waals surface area contributed by atoms with Crippen molar-refractivity contribution in [2.45, 2.75) is 32.1 Å². The van der Waals surface area contributed by atoms with E-state index in [0.717, 1.165) is 42.5 Å². The summed E-state index contributed by atoms with van der Waals surface area (Å²) in [5.74, 6) is -0.818. The Morgan fingerprint density at radius 3 is 2.70 bits per heavy atom. The van der Waals surface area contributed by atoms with Crippen molar-refractivity contribution in [3.63, 3.8) is 0 Å². The van der Waals surface area contributed by atoms with E-state index in [0.29, 0.717) is 21.3 Å². The molecule has 5 nitrogen and oxygen atoms in total. The van der Waals surface area contributed by atoms with Gasteiger partial charge in [-0.1, -0.05) is 18.0 Å². The second-order valence-electron chi connectivity index (χ2n) is 5.46. The van der Waals surface area contributed by atoms with Gasteiger partial charge in [0, 0.05) is 11.1 Å². The van der Waals surface area contributed by atoms with E-state index in [1.165, 1.54) is 17.5 Å². The number of nitrogens with zero attached hydrogens (tertiary/aromatic N) is 1. The van der Waals surface area contributed by atoms with Crippen molar-refractivity contribution >= 4 is 39.8 Å². The molecule has 2 heterocycles. The number of carbonyl (C=O) groups excluding carboxylic acids is 2. The summed E-state index contributed by atoms with van der Waals surface area (Å²) in [5.41, 5.74) is 7.40. The standard InChI is InChI=1S/C16H16ClN3O2S/c17-12-7-6-9(8-19-12)15(22)20-16-13(14(18)21)10-4-2-1-3-5-11(10)23-16/h6-8H,1-5H2,(H2,18,21)(H,20,22). The highest BCUT2D eigenvalue weighted by Crippen LogP contribution is 2.37. The van der Waals surface area contributed by atoms with Gasteiger partial charge in [0.1, 0.15) is 10.2 Å². The van der Waals surface area contributed by atoms with Crippen LogP contribution in [0.2, 0.25) is 5.15 Å². The zero-order valence-electron chi connectivity index (χ0n) is 12.4. The van der Waals surface area contributed by atoms with Crippen molar-refractivity contribution < 1.29 is 9.59 Å². The average molecular weight is 350 g/mol. The summed E-state index contributed by atoms with van der Waals surface area (Å²) in [6, 6.07) is 3.14. The first-order valence-corrected chi connectivity index (χ1v) is 8.63. The fourth-order valence-electron chi connectivity index (χ4n) is 2.78. The number of fused-ring (bicyclic) bond motifs is 1. The van der Waals surface area contributed by atoms with E-state index in [9.17, 15) is 9.59 Å². The van der Waals surface area contributed by atoms with Crippen LogP contribution in [0.15, 0.2) is 18.3 Å². The molecule has 2 aromatic rings. The average Bonchev–Trinajstić information content (AvgIpc) is 2.69. The minimum absolute atomic E-state index is 0.321. The third kappa shape index (κ3) is 3.38. The molecular formula is C16H16ClN3O2S. The van der Waals surface area contributed by atoms with Crippen LogP contribution in [0.1, 0.15) is 50.4 Å². The quantitative estimate of drug-likeness (QED) is 0.657. The van der Waals surface area contributed by atoms with Gasteiger partial charge < -0.3 is 11.1 Å². The van der Waals surface area contributed by atoms with Crippen LogP contribution in [0.3, 0.4) is 0 Å². The molecule has 3 N–H and O–H groups in total. The number of carbonyl (C=O) groups is 2. The second kappa shape index (κ2) is 6.68. The van der Waals surface area contributed by atoms with Gasteiger partial charge in [-0.3, -0.25) is 9.59 Å². The number of pyridine rings is 1. The van der Waals surface area contributed by atoms with E-state index in [1.54, 1.807) is 12.1 Å². The van der Waals surface area contributed by atoms with Gasteiger partial charge in [-0.05, 0) is 43.4 Å². The summed E-state index contributed by atoms with van der Waals surface area (Å²) < 4.78 is 0. The van der Waals surface area contributed by atoms with Gasteiger partial charge in [-0.15, -0.1) is 11.3 Å². The molecular weight excluding hydrogens is 334 g/mol. The lowest BCUT2D eigenvalue weighted by Gasteiger charge is -2.06. The SMILES string of the molecule is NC(=O)c1c(NC(=O)c2ccc(Cl)nc2)sc2c1CCCCC2. The van der Waals surface area contributed by atoms with E-state index in [1.807, 2.05) is 0 Å². The number of thiophene rings is 1. The molecule has 0 saturated carbocycles. The minimum Gasteiger partial charge on any atom is -0.365 e. The Labute approximate surface area is 142 Å². The van der Waals surface area contributed by atoms with Crippen molar-refractivity contribution in [1.29, 1.82) is 0 Å². The second-order valence-corrected chi connectivity index (χ2v) is 6.95. The zero-order valence-corrected chi connectivity index (χ0v) is 14.0. The van der Waals surface area contributed by atoms with Gasteiger partial charge in [0.25, 0.3) is 11.8 Å². The van der Waals surface area contributed by atoms with E-state index >= 15 is 0 Å². The van der Waals surface area contributed by atoms with Gasteiger partial charge >= 0.3 is 0 Å². The highest BCUT2D eigenvalue weighted by molar-refractivity contribution is 7.17. The molecule has 0 aliphatic heterocycles. The molecule has 0 bridgehead atoms.